The average Bonchev–Trinajstić information content (AvgIpc) is 3.20. The van der Waals surface area contributed by atoms with E-state index in [0.29, 0.717) is 21.3 Å². The van der Waals surface area contributed by atoms with Crippen molar-refractivity contribution in [2.75, 3.05) is 18.2 Å². The maximum Gasteiger partial charge on any atom is 0.209 e. The summed E-state index contributed by atoms with van der Waals surface area (Å²) in [5.74, 6) is 0.770. The molecule has 4 rings (SSSR count). The molecule has 0 amide bonds. The van der Waals surface area contributed by atoms with E-state index in [1.807, 2.05) is 55.5 Å². The summed E-state index contributed by atoms with van der Waals surface area (Å²) >= 11 is 1.23. The third-order valence-corrected chi connectivity index (χ3v) is 5.31. The van der Waals surface area contributed by atoms with Crippen molar-refractivity contribution < 1.29 is 9.53 Å². The van der Waals surface area contributed by atoms with E-state index in [4.69, 9.17) is 10.5 Å². The van der Waals surface area contributed by atoms with Crippen LogP contribution < -0.4 is 15.8 Å². The molecule has 0 radical (unpaired) electrons. The Morgan fingerprint density at radius 2 is 1.93 bits per heavy atom. The highest BCUT2D eigenvalue weighted by Crippen LogP contribution is 2.34. The number of benzene rings is 2. The van der Waals surface area contributed by atoms with E-state index in [0.717, 1.165) is 22.3 Å². The highest BCUT2D eigenvalue weighted by Gasteiger charge is 2.23. The Morgan fingerprint density at radius 3 is 2.74 bits per heavy atom. The maximum atomic E-state index is 13.2. The molecule has 0 aliphatic carbocycles. The molecule has 4 N–H and O–H groups in total. The van der Waals surface area contributed by atoms with E-state index >= 15 is 0 Å². The number of fused-ring (bicyclic) bond motifs is 1. The summed E-state index contributed by atoms with van der Waals surface area (Å²) in [6.07, 6.45) is 0. The number of aryl methyl sites for hydroxylation is 1. The average molecular weight is 378 g/mol. The van der Waals surface area contributed by atoms with E-state index in [9.17, 15) is 4.79 Å². The molecule has 0 saturated carbocycles. The number of nitrogens with one attached hydrogen (secondary N) is 2. The second kappa shape index (κ2) is 6.77. The zero-order chi connectivity index (χ0) is 19.0. The molecule has 27 heavy (non-hydrogen) atoms. The number of para-hydroxylation sites is 3. The van der Waals surface area contributed by atoms with Gasteiger partial charge in [-0.2, -0.15) is 0 Å². The van der Waals surface area contributed by atoms with Crippen LogP contribution in [-0.2, 0) is 0 Å². The minimum atomic E-state index is -0.131. The molecule has 2 aromatic carbocycles. The molecule has 0 fully saturated rings. The topological polar surface area (TPSA) is 93.0 Å². The number of nitrogens with two attached hydrogens (primary N) is 1. The number of thiazole rings is 1. The SMILES string of the molecule is COc1ccccc1Nc1nc(N)c(C(=O)c2c(C)[nH]c3ccccc23)s1. The third-order valence-electron chi connectivity index (χ3n) is 4.33. The van der Waals surface area contributed by atoms with Gasteiger partial charge in [0.15, 0.2) is 5.13 Å². The summed E-state index contributed by atoms with van der Waals surface area (Å²) in [7, 11) is 1.60. The Kier molecular flexibility index (Phi) is 4.29. The number of carbonyl (C=O) groups is 1. The minimum Gasteiger partial charge on any atom is -0.495 e. The molecule has 7 heteroatoms. The largest absolute Gasteiger partial charge is 0.495 e. The van der Waals surface area contributed by atoms with Crippen LogP contribution in [0.5, 0.6) is 5.75 Å². The molecule has 0 saturated heterocycles. The first-order valence-corrected chi connectivity index (χ1v) is 9.18. The van der Waals surface area contributed by atoms with Crippen molar-refractivity contribution in [1.82, 2.24) is 9.97 Å². The predicted octanol–water partition coefficient (Wildman–Crippen LogP) is 4.50. The first-order valence-electron chi connectivity index (χ1n) is 8.37. The molecular formula is C20H18N4O2S. The molecule has 0 aliphatic heterocycles. The van der Waals surface area contributed by atoms with Crippen molar-refractivity contribution in [1.29, 1.82) is 0 Å². The van der Waals surface area contributed by atoms with Crippen LogP contribution in [0, 0.1) is 6.92 Å². The number of ketones is 1. The normalized spacial score (nSPS) is 10.9. The Labute approximate surface area is 160 Å². The molecule has 2 aromatic heterocycles. The molecule has 0 unspecified atom stereocenters. The molecule has 6 nitrogen and oxygen atoms in total. The lowest BCUT2D eigenvalue weighted by molar-refractivity contribution is 0.104. The second-order valence-corrected chi connectivity index (χ2v) is 7.06. The number of nitrogens with zero attached hydrogens (tertiary/aromatic N) is 1. The smallest absolute Gasteiger partial charge is 0.209 e. The van der Waals surface area contributed by atoms with Crippen LogP contribution in [0.2, 0.25) is 0 Å². The standard InChI is InChI=1S/C20H18N4O2S/c1-11-16(12-7-3-4-8-13(12)22-11)17(25)18-19(21)24-20(27-18)23-14-9-5-6-10-15(14)26-2/h3-10,22H,21H2,1-2H3,(H,23,24). The lowest BCUT2D eigenvalue weighted by atomic mass is 10.1. The van der Waals surface area contributed by atoms with Gasteiger partial charge in [-0.1, -0.05) is 41.7 Å². The molecule has 0 aliphatic rings. The van der Waals surface area contributed by atoms with Gasteiger partial charge in [-0.15, -0.1) is 0 Å². The second-order valence-electron chi connectivity index (χ2n) is 6.06. The Morgan fingerprint density at radius 1 is 1.19 bits per heavy atom. The first-order chi connectivity index (χ1) is 13.1. The summed E-state index contributed by atoms with van der Waals surface area (Å²) in [6, 6.07) is 15.2. The van der Waals surface area contributed by atoms with Gasteiger partial charge in [0.25, 0.3) is 0 Å². The number of methoxy groups -OCH3 is 1. The summed E-state index contributed by atoms with van der Waals surface area (Å²) in [6.45, 7) is 1.89. The van der Waals surface area contributed by atoms with Gasteiger partial charge in [-0.3, -0.25) is 4.79 Å². The van der Waals surface area contributed by atoms with E-state index < -0.39 is 0 Å². The number of aromatic amines is 1. The van der Waals surface area contributed by atoms with Gasteiger partial charge in [0.1, 0.15) is 16.4 Å². The Balaban J connectivity index is 1.71. The lowest BCUT2D eigenvalue weighted by Crippen LogP contribution is -2.03. The van der Waals surface area contributed by atoms with Crippen LogP contribution in [0.3, 0.4) is 0 Å². The number of anilines is 3. The van der Waals surface area contributed by atoms with Gasteiger partial charge < -0.3 is 20.8 Å². The minimum absolute atomic E-state index is 0.131. The zero-order valence-electron chi connectivity index (χ0n) is 14.9. The monoisotopic (exact) mass is 378 g/mol. The van der Waals surface area contributed by atoms with Gasteiger partial charge in [0.2, 0.25) is 5.78 Å². The van der Waals surface area contributed by atoms with E-state index in [2.05, 4.69) is 15.3 Å². The summed E-state index contributed by atoms with van der Waals surface area (Å²) in [5.41, 5.74) is 9.19. The maximum absolute atomic E-state index is 13.2. The van der Waals surface area contributed by atoms with Crippen LogP contribution in [0.4, 0.5) is 16.6 Å². The summed E-state index contributed by atoms with van der Waals surface area (Å²) in [4.78, 5) is 21.2. The van der Waals surface area contributed by atoms with E-state index in [1.165, 1.54) is 11.3 Å². The van der Waals surface area contributed by atoms with Gasteiger partial charge in [-0.05, 0) is 25.1 Å². The number of hydrogen-bond donors (Lipinski definition) is 3. The number of nitrogen functional groups attached to an aromatic ring is 1. The highest BCUT2D eigenvalue weighted by atomic mass is 32.1. The summed E-state index contributed by atoms with van der Waals surface area (Å²) < 4.78 is 5.34. The van der Waals surface area contributed by atoms with Crippen molar-refractivity contribution >= 4 is 44.7 Å². The van der Waals surface area contributed by atoms with Crippen LogP contribution in [0.1, 0.15) is 20.9 Å². The quantitative estimate of drug-likeness (QED) is 0.445. The van der Waals surface area contributed by atoms with E-state index in [-0.39, 0.29) is 11.6 Å². The molecule has 0 spiro atoms. The number of hydrogen-bond acceptors (Lipinski definition) is 6. The van der Waals surface area contributed by atoms with Crippen LogP contribution in [0.15, 0.2) is 48.5 Å². The molecule has 0 atom stereocenters. The van der Waals surface area contributed by atoms with Gasteiger partial charge in [0.05, 0.1) is 18.4 Å². The third kappa shape index (κ3) is 3.02. The van der Waals surface area contributed by atoms with Crippen LogP contribution in [-0.4, -0.2) is 22.9 Å². The molecule has 4 aromatic rings. The number of ether oxygens (including phenoxy) is 1. The van der Waals surface area contributed by atoms with E-state index in [1.54, 1.807) is 7.11 Å². The number of carbonyl (C=O) groups excluding carboxylic acids is 1. The van der Waals surface area contributed by atoms with Crippen molar-refractivity contribution in [3.05, 3.63) is 64.7 Å². The lowest BCUT2D eigenvalue weighted by Gasteiger charge is -2.07. The fourth-order valence-corrected chi connectivity index (χ4v) is 3.94. The highest BCUT2D eigenvalue weighted by molar-refractivity contribution is 7.18. The fraction of sp³-hybridized carbons (Fsp3) is 0.100. The molecular weight excluding hydrogens is 360 g/mol. The summed E-state index contributed by atoms with van der Waals surface area (Å²) in [5, 5.41) is 4.60. The Bertz CT molecular complexity index is 1150. The number of aromatic nitrogens is 2. The Hall–Kier alpha value is -3.32. The van der Waals surface area contributed by atoms with Crippen LogP contribution >= 0.6 is 11.3 Å². The number of rotatable bonds is 5. The van der Waals surface area contributed by atoms with Gasteiger partial charge in [0, 0.05) is 16.6 Å². The van der Waals surface area contributed by atoms with Crippen molar-refractivity contribution in [3.63, 3.8) is 0 Å². The predicted molar refractivity (Wildman–Crippen MR) is 109 cm³/mol. The van der Waals surface area contributed by atoms with Crippen molar-refractivity contribution in [2.45, 2.75) is 6.92 Å². The van der Waals surface area contributed by atoms with Gasteiger partial charge >= 0.3 is 0 Å². The van der Waals surface area contributed by atoms with Crippen molar-refractivity contribution in [2.24, 2.45) is 0 Å². The zero-order valence-corrected chi connectivity index (χ0v) is 15.7. The van der Waals surface area contributed by atoms with Crippen LogP contribution in [0.25, 0.3) is 10.9 Å². The van der Waals surface area contributed by atoms with Gasteiger partial charge in [-0.25, -0.2) is 4.98 Å². The molecule has 136 valence electrons. The molecule has 2 heterocycles. The molecule has 0 bridgehead atoms. The van der Waals surface area contributed by atoms with Crippen molar-refractivity contribution in [3.8, 4) is 5.75 Å². The first kappa shape index (κ1) is 17.1. The number of H-pyrrole nitrogens is 1. The fourth-order valence-electron chi connectivity index (χ4n) is 3.09.